The van der Waals surface area contributed by atoms with Crippen molar-refractivity contribution in [3.05, 3.63) is 18.1 Å². The van der Waals surface area contributed by atoms with Gasteiger partial charge in [-0.2, -0.15) is 0 Å². The molecular formula is C15H26N4. The van der Waals surface area contributed by atoms with Crippen LogP contribution in [0.15, 0.2) is 12.4 Å². The fraction of sp³-hybridized carbons (Fsp3) is 0.733. The molecule has 1 saturated carbocycles. The number of nitrogens with zero attached hydrogens (tertiary/aromatic N) is 3. The molecule has 0 aliphatic heterocycles. The van der Waals surface area contributed by atoms with Crippen LogP contribution in [0.1, 0.15) is 44.7 Å². The lowest BCUT2D eigenvalue weighted by molar-refractivity contribution is 0.544. The molecule has 0 radical (unpaired) electrons. The largest absolute Gasteiger partial charge is 0.358 e. The molecule has 0 atom stereocenters. The van der Waals surface area contributed by atoms with Gasteiger partial charge in [-0.1, -0.05) is 19.8 Å². The van der Waals surface area contributed by atoms with E-state index in [4.69, 9.17) is 0 Å². The smallest absolute Gasteiger partial charge is 0.147 e. The topological polar surface area (TPSA) is 41.1 Å². The van der Waals surface area contributed by atoms with E-state index in [9.17, 15) is 0 Å². The van der Waals surface area contributed by atoms with E-state index in [0.717, 1.165) is 43.5 Å². The van der Waals surface area contributed by atoms with Gasteiger partial charge in [0, 0.05) is 26.3 Å². The lowest BCUT2D eigenvalue weighted by Crippen LogP contribution is -2.25. The SMILES string of the molecule is CCCNCc1cncc(N(C)CC2CCCC2)n1. The summed E-state index contributed by atoms with van der Waals surface area (Å²) in [4.78, 5) is 11.3. The Morgan fingerprint density at radius 1 is 1.32 bits per heavy atom. The minimum absolute atomic E-state index is 0.811. The molecule has 2 rings (SSSR count). The van der Waals surface area contributed by atoms with Crippen LogP contribution in [0.2, 0.25) is 0 Å². The average Bonchev–Trinajstić information content (AvgIpc) is 2.92. The van der Waals surface area contributed by atoms with E-state index in [-0.39, 0.29) is 0 Å². The van der Waals surface area contributed by atoms with Gasteiger partial charge < -0.3 is 10.2 Å². The van der Waals surface area contributed by atoms with Gasteiger partial charge in [0.05, 0.1) is 11.9 Å². The fourth-order valence-corrected chi connectivity index (χ4v) is 2.73. The Morgan fingerprint density at radius 2 is 2.11 bits per heavy atom. The minimum atomic E-state index is 0.811. The third-order valence-electron chi connectivity index (χ3n) is 3.80. The van der Waals surface area contributed by atoms with E-state index in [1.165, 1.54) is 25.7 Å². The number of hydrogen-bond acceptors (Lipinski definition) is 4. The summed E-state index contributed by atoms with van der Waals surface area (Å²) in [7, 11) is 2.13. The zero-order valence-corrected chi connectivity index (χ0v) is 12.2. The third-order valence-corrected chi connectivity index (χ3v) is 3.80. The van der Waals surface area contributed by atoms with Crippen LogP contribution in [0.4, 0.5) is 5.82 Å². The highest BCUT2D eigenvalue weighted by atomic mass is 15.2. The van der Waals surface area contributed by atoms with Crippen molar-refractivity contribution >= 4 is 5.82 Å². The van der Waals surface area contributed by atoms with Crippen LogP contribution in [0, 0.1) is 5.92 Å². The molecule has 1 fully saturated rings. The molecule has 0 aromatic carbocycles. The van der Waals surface area contributed by atoms with Gasteiger partial charge >= 0.3 is 0 Å². The summed E-state index contributed by atoms with van der Waals surface area (Å²) >= 11 is 0. The van der Waals surface area contributed by atoms with Gasteiger partial charge in [-0.15, -0.1) is 0 Å². The summed E-state index contributed by atoms with van der Waals surface area (Å²) in [5.41, 5.74) is 1.03. The Kier molecular flexibility index (Phi) is 5.58. The third kappa shape index (κ3) is 4.46. The lowest BCUT2D eigenvalue weighted by Gasteiger charge is -2.22. The first-order valence-corrected chi connectivity index (χ1v) is 7.52. The summed E-state index contributed by atoms with van der Waals surface area (Å²) in [5, 5.41) is 3.37. The first kappa shape index (κ1) is 14.3. The fourth-order valence-electron chi connectivity index (χ4n) is 2.73. The van der Waals surface area contributed by atoms with E-state index in [1.807, 2.05) is 12.4 Å². The molecule has 0 amide bonds. The van der Waals surface area contributed by atoms with Crippen LogP contribution in [-0.4, -0.2) is 30.1 Å². The Labute approximate surface area is 116 Å². The molecule has 0 bridgehead atoms. The molecule has 19 heavy (non-hydrogen) atoms. The Hall–Kier alpha value is -1.16. The zero-order valence-electron chi connectivity index (χ0n) is 12.2. The second-order valence-corrected chi connectivity index (χ2v) is 5.58. The number of anilines is 1. The minimum Gasteiger partial charge on any atom is -0.358 e. The van der Waals surface area contributed by atoms with Crippen molar-refractivity contribution in [3.8, 4) is 0 Å². The number of nitrogens with one attached hydrogen (secondary N) is 1. The first-order valence-electron chi connectivity index (χ1n) is 7.52. The van der Waals surface area contributed by atoms with Gasteiger partial charge in [0.25, 0.3) is 0 Å². The van der Waals surface area contributed by atoms with Gasteiger partial charge in [0.2, 0.25) is 0 Å². The second-order valence-electron chi connectivity index (χ2n) is 5.58. The Balaban J connectivity index is 1.89. The normalized spacial score (nSPS) is 15.9. The highest BCUT2D eigenvalue weighted by molar-refractivity contribution is 5.35. The van der Waals surface area contributed by atoms with E-state index in [0.29, 0.717) is 0 Å². The second kappa shape index (κ2) is 7.43. The molecule has 1 aromatic rings. The van der Waals surface area contributed by atoms with Crippen LogP contribution in [0.25, 0.3) is 0 Å². The van der Waals surface area contributed by atoms with Crippen molar-refractivity contribution in [2.45, 2.75) is 45.6 Å². The number of aromatic nitrogens is 2. The van der Waals surface area contributed by atoms with Crippen LogP contribution < -0.4 is 10.2 Å². The summed E-state index contributed by atoms with van der Waals surface area (Å²) in [5.74, 6) is 1.84. The van der Waals surface area contributed by atoms with Crippen molar-refractivity contribution in [2.75, 3.05) is 25.0 Å². The van der Waals surface area contributed by atoms with Gasteiger partial charge in [-0.05, 0) is 31.7 Å². The maximum atomic E-state index is 4.69. The van der Waals surface area contributed by atoms with Crippen LogP contribution >= 0.6 is 0 Å². The number of rotatable bonds is 7. The van der Waals surface area contributed by atoms with Crippen molar-refractivity contribution in [1.82, 2.24) is 15.3 Å². The predicted molar refractivity (Wildman–Crippen MR) is 79.3 cm³/mol. The van der Waals surface area contributed by atoms with Gasteiger partial charge in [-0.3, -0.25) is 4.98 Å². The molecule has 0 saturated heterocycles. The predicted octanol–water partition coefficient (Wildman–Crippen LogP) is 2.60. The molecule has 1 aromatic heterocycles. The quantitative estimate of drug-likeness (QED) is 0.767. The number of hydrogen-bond donors (Lipinski definition) is 1. The molecule has 0 spiro atoms. The summed E-state index contributed by atoms with van der Waals surface area (Å²) in [6.07, 6.45) is 10.4. The molecule has 1 N–H and O–H groups in total. The maximum absolute atomic E-state index is 4.69. The van der Waals surface area contributed by atoms with Crippen LogP contribution in [0.3, 0.4) is 0 Å². The molecule has 0 unspecified atom stereocenters. The van der Waals surface area contributed by atoms with E-state index < -0.39 is 0 Å². The lowest BCUT2D eigenvalue weighted by atomic mass is 10.1. The van der Waals surface area contributed by atoms with Gasteiger partial charge in [0.15, 0.2) is 0 Å². The monoisotopic (exact) mass is 262 g/mol. The molecule has 106 valence electrons. The Morgan fingerprint density at radius 3 is 2.84 bits per heavy atom. The van der Waals surface area contributed by atoms with Crippen molar-refractivity contribution in [2.24, 2.45) is 5.92 Å². The Bertz CT molecular complexity index is 374. The van der Waals surface area contributed by atoms with E-state index >= 15 is 0 Å². The molecule has 1 aliphatic rings. The molecule has 1 heterocycles. The summed E-state index contributed by atoms with van der Waals surface area (Å²) in [6, 6.07) is 0. The van der Waals surface area contributed by atoms with Crippen molar-refractivity contribution < 1.29 is 0 Å². The zero-order chi connectivity index (χ0) is 13.5. The molecule has 1 aliphatic carbocycles. The van der Waals surface area contributed by atoms with Crippen LogP contribution in [-0.2, 0) is 6.54 Å². The standard InChI is InChI=1S/C15H26N4/c1-3-8-16-9-14-10-17-11-15(18-14)19(2)12-13-6-4-5-7-13/h10-11,13,16H,3-9,12H2,1-2H3. The highest BCUT2D eigenvalue weighted by Gasteiger charge is 2.17. The van der Waals surface area contributed by atoms with Crippen molar-refractivity contribution in [1.29, 1.82) is 0 Å². The molecule has 4 heteroatoms. The first-order chi connectivity index (χ1) is 9.29. The molecule has 4 nitrogen and oxygen atoms in total. The van der Waals surface area contributed by atoms with Gasteiger partial charge in [-0.25, -0.2) is 4.98 Å². The summed E-state index contributed by atoms with van der Waals surface area (Å²) in [6.45, 7) is 5.13. The van der Waals surface area contributed by atoms with E-state index in [2.05, 4.69) is 34.2 Å². The van der Waals surface area contributed by atoms with E-state index in [1.54, 1.807) is 0 Å². The summed E-state index contributed by atoms with van der Waals surface area (Å²) < 4.78 is 0. The average molecular weight is 262 g/mol. The maximum Gasteiger partial charge on any atom is 0.147 e. The highest BCUT2D eigenvalue weighted by Crippen LogP contribution is 2.26. The van der Waals surface area contributed by atoms with Gasteiger partial charge in [0.1, 0.15) is 5.82 Å². The molecular weight excluding hydrogens is 236 g/mol. The van der Waals surface area contributed by atoms with Crippen LogP contribution in [0.5, 0.6) is 0 Å². The van der Waals surface area contributed by atoms with Crippen molar-refractivity contribution in [3.63, 3.8) is 0 Å².